The van der Waals surface area contributed by atoms with E-state index in [1.807, 2.05) is 0 Å². The van der Waals surface area contributed by atoms with Gasteiger partial charge < -0.3 is 18.9 Å². The molecule has 0 bridgehead atoms. The summed E-state index contributed by atoms with van der Waals surface area (Å²) < 4.78 is 25.7. The van der Waals surface area contributed by atoms with Crippen LogP contribution in [0.25, 0.3) is 44.5 Å². The molecule has 2 atom stereocenters. The van der Waals surface area contributed by atoms with Crippen molar-refractivity contribution in [1.82, 2.24) is 0 Å². The molecule has 0 amide bonds. The minimum absolute atomic E-state index is 0.138. The second-order valence-electron chi connectivity index (χ2n) is 20.1. The van der Waals surface area contributed by atoms with Crippen LogP contribution in [0.2, 0.25) is 0 Å². The summed E-state index contributed by atoms with van der Waals surface area (Å²) in [5.41, 5.74) is 18.4. The first kappa shape index (κ1) is 47.6. The second-order valence-corrected chi connectivity index (χ2v) is 22.6. The van der Waals surface area contributed by atoms with Gasteiger partial charge in [0, 0.05) is 35.3 Å². The molecule has 350 valence electrons. The van der Waals surface area contributed by atoms with E-state index in [4.69, 9.17) is 18.9 Å². The Morgan fingerprint density at radius 3 is 1.13 bits per heavy atom. The fourth-order valence-corrected chi connectivity index (χ4v) is 15.1. The number of benzene rings is 7. The van der Waals surface area contributed by atoms with E-state index in [0.717, 1.165) is 35.5 Å². The molecule has 2 fully saturated rings. The lowest BCUT2D eigenvalue weighted by Gasteiger charge is -2.48. The maximum Gasteiger partial charge on any atom is 0.170 e. The Balaban J connectivity index is 1.44. The number of hydrogen-bond acceptors (Lipinski definition) is 4. The number of hydrogen-bond donors (Lipinski definition) is 0. The largest absolute Gasteiger partial charge is 0.496 e. The van der Waals surface area contributed by atoms with Gasteiger partial charge in [-0.2, -0.15) is 0 Å². The summed E-state index contributed by atoms with van der Waals surface area (Å²) >= 11 is 0. The van der Waals surface area contributed by atoms with Gasteiger partial charge in [0.25, 0.3) is 0 Å². The Morgan fingerprint density at radius 2 is 0.779 bits per heavy atom. The first-order valence-electron chi connectivity index (χ1n) is 24.9. The number of methoxy groups -OCH3 is 2. The van der Waals surface area contributed by atoms with Crippen molar-refractivity contribution in [3.63, 3.8) is 0 Å². The van der Waals surface area contributed by atoms with E-state index < -0.39 is 13.7 Å². The monoisotopic (exact) mass is 920 g/mol. The van der Waals surface area contributed by atoms with Gasteiger partial charge in [-0.1, -0.05) is 203 Å². The summed E-state index contributed by atoms with van der Waals surface area (Å²) in [4.78, 5) is 0. The zero-order chi connectivity index (χ0) is 47.7. The molecule has 7 aromatic rings. The minimum atomic E-state index is -1.02. The normalized spacial score (nSPS) is 18.0. The van der Waals surface area contributed by atoms with Crippen molar-refractivity contribution in [2.75, 3.05) is 27.4 Å². The second kappa shape index (κ2) is 20.2. The molecule has 2 unspecified atom stereocenters. The van der Waals surface area contributed by atoms with Crippen LogP contribution in [0.4, 0.5) is 0 Å². The van der Waals surface area contributed by atoms with Gasteiger partial charge in [0.15, 0.2) is 5.79 Å². The van der Waals surface area contributed by atoms with Crippen LogP contribution in [0.5, 0.6) is 11.5 Å². The van der Waals surface area contributed by atoms with Crippen LogP contribution in [-0.4, -0.2) is 33.2 Å². The van der Waals surface area contributed by atoms with Crippen LogP contribution >= 0.6 is 7.92 Å². The molecule has 2 saturated heterocycles. The van der Waals surface area contributed by atoms with Crippen molar-refractivity contribution in [2.24, 2.45) is 0 Å². The SMILES string of the molecule is COc1ccccc1-c1cc(C(C)C)c(-c2cccc(-c3c(C(C)C)cc(-c4ccccc4OC)cc3C(C)C)c2P2C(c3ccccc3)CC3(CC2c2ccccc2)OCCO3)c(C(C)C)c1. The molecule has 68 heavy (non-hydrogen) atoms. The highest BCUT2D eigenvalue weighted by molar-refractivity contribution is 7.67. The van der Waals surface area contributed by atoms with Gasteiger partial charge in [-0.25, -0.2) is 0 Å². The Bertz CT molecular complexity index is 2610. The van der Waals surface area contributed by atoms with E-state index in [0.29, 0.717) is 13.2 Å². The molecule has 1 spiro atoms. The standard InChI is InChI=1S/C63H69O4P/c1-40(2)52-34-46(48-26-17-19-30-56(48)64-9)35-53(41(3)4)60(52)50-28-21-29-51(61-54(42(5)6)36-47(37-55(61)43(7)8)49-27-18-20-31-57(49)65-10)62(50)68-58(44-22-13-11-14-23-44)38-63(66-32-33-67-63)39-59(68)45-24-15-12-16-25-45/h11-31,34-37,40-43,58-59H,32-33,38-39H2,1-10H3. The molecular formula is C63H69O4P. The highest BCUT2D eigenvalue weighted by Gasteiger charge is 2.52. The quantitative estimate of drug-likeness (QED) is 0.108. The van der Waals surface area contributed by atoms with Gasteiger partial charge in [0.2, 0.25) is 0 Å². The smallest absolute Gasteiger partial charge is 0.170 e. The van der Waals surface area contributed by atoms with Gasteiger partial charge in [0.1, 0.15) is 11.5 Å². The van der Waals surface area contributed by atoms with Crippen molar-refractivity contribution in [3.05, 3.63) is 185 Å². The third-order valence-electron chi connectivity index (χ3n) is 14.4. The Morgan fingerprint density at radius 1 is 0.441 bits per heavy atom. The first-order chi connectivity index (χ1) is 32.9. The van der Waals surface area contributed by atoms with E-state index in [1.54, 1.807) is 14.2 Å². The fraction of sp³-hybridized carbons (Fsp3) is 0.333. The molecule has 2 aliphatic heterocycles. The third-order valence-corrected chi connectivity index (χ3v) is 17.7. The van der Waals surface area contributed by atoms with E-state index in [2.05, 4.69) is 207 Å². The predicted molar refractivity (Wildman–Crippen MR) is 286 cm³/mol. The van der Waals surface area contributed by atoms with Gasteiger partial charge in [-0.05, 0) is 108 Å². The lowest BCUT2D eigenvalue weighted by Crippen LogP contribution is -2.39. The van der Waals surface area contributed by atoms with Crippen LogP contribution in [-0.2, 0) is 9.47 Å². The summed E-state index contributed by atoms with van der Waals surface area (Å²) in [5.74, 6) is 2.07. The summed E-state index contributed by atoms with van der Waals surface area (Å²) in [6.07, 6.45) is 1.59. The summed E-state index contributed by atoms with van der Waals surface area (Å²) in [6.45, 7) is 20.2. The van der Waals surface area contributed by atoms with E-state index in [-0.39, 0.29) is 35.0 Å². The van der Waals surface area contributed by atoms with Gasteiger partial charge in [-0.15, -0.1) is 0 Å². The molecule has 0 N–H and O–H groups in total. The Hall–Kier alpha value is -5.51. The highest BCUT2D eigenvalue weighted by atomic mass is 31.1. The molecule has 4 nitrogen and oxygen atoms in total. The molecule has 2 heterocycles. The minimum Gasteiger partial charge on any atom is -0.496 e. The highest BCUT2D eigenvalue weighted by Crippen LogP contribution is 2.71. The Kier molecular flexibility index (Phi) is 14.1. The molecule has 9 rings (SSSR count). The zero-order valence-electron chi connectivity index (χ0n) is 41.8. The van der Waals surface area contributed by atoms with Crippen molar-refractivity contribution in [3.8, 4) is 56.0 Å². The zero-order valence-corrected chi connectivity index (χ0v) is 42.7. The third kappa shape index (κ3) is 9.09. The molecule has 2 aliphatic rings. The van der Waals surface area contributed by atoms with E-state index >= 15 is 0 Å². The van der Waals surface area contributed by atoms with Crippen LogP contribution in [0.3, 0.4) is 0 Å². The van der Waals surface area contributed by atoms with Gasteiger partial charge in [-0.3, -0.25) is 0 Å². The summed E-state index contributed by atoms with van der Waals surface area (Å²) in [6, 6.07) is 56.7. The lowest BCUT2D eigenvalue weighted by atomic mass is 9.79. The maximum absolute atomic E-state index is 6.82. The van der Waals surface area contributed by atoms with E-state index in [1.165, 1.54) is 72.1 Å². The van der Waals surface area contributed by atoms with Crippen molar-refractivity contribution >= 4 is 13.2 Å². The molecular weight excluding hydrogens is 852 g/mol. The van der Waals surface area contributed by atoms with Crippen molar-refractivity contribution in [2.45, 2.75) is 109 Å². The van der Waals surface area contributed by atoms with Gasteiger partial charge in [0.05, 0.1) is 27.4 Å². The average molecular weight is 921 g/mol. The molecule has 7 aromatic carbocycles. The van der Waals surface area contributed by atoms with Crippen LogP contribution < -0.4 is 14.8 Å². The summed E-state index contributed by atoms with van der Waals surface area (Å²) in [7, 11) is 2.54. The molecule has 0 radical (unpaired) electrons. The van der Waals surface area contributed by atoms with Gasteiger partial charge >= 0.3 is 0 Å². The first-order valence-corrected chi connectivity index (χ1v) is 26.3. The molecule has 0 saturated carbocycles. The maximum atomic E-state index is 6.82. The van der Waals surface area contributed by atoms with Crippen molar-refractivity contribution < 1.29 is 18.9 Å². The van der Waals surface area contributed by atoms with Crippen LogP contribution in [0.1, 0.15) is 137 Å². The lowest BCUT2D eigenvalue weighted by molar-refractivity contribution is -0.170. The molecule has 5 heteroatoms. The number of ether oxygens (including phenoxy) is 4. The van der Waals surface area contributed by atoms with Crippen LogP contribution in [0.15, 0.2) is 152 Å². The predicted octanol–water partition coefficient (Wildman–Crippen LogP) is 17.0. The summed E-state index contributed by atoms with van der Waals surface area (Å²) in [5, 5.41) is 1.47. The molecule has 0 aromatic heterocycles. The van der Waals surface area contributed by atoms with E-state index in [9.17, 15) is 0 Å². The van der Waals surface area contributed by atoms with Crippen molar-refractivity contribution in [1.29, 1.82) is 0 Å². The number of para-hydroxylation sites is 2. The Labute approximate surface area is 407 Å². The fourth-order valence-electron chi connectivity index (χ4n) is 11.2. The average Bonchev–Trinajstić information content (AvgIpc) is 3.82. The molecule has 0 aliphatic carbocycles. The van der Waals surface area contributed by atoms with Crippen LogP contribution in [0, 0.1) is 0 Å². The topological polar surface area (TPSA) is 36.9 Å². The number of rotatable bonds is 13.